The molecule has 1 atom stereocenters. The Balaban J connectivity index is 2.83. The molecule has 0 saturated heterocycles. The molecule has 0 bridgehead atoms. The van der Waals surface area contributed by atoms with Gasteiger partial charge in [0.25, 0.3) is 0 Å². The zero-order valence-corrected chi connectivity index (χ0v) is 11.9. The summed E-state index contributed by atoms with van der Waals surface area (Å²) in [5, 5.41) is 3.62. The van der Waals surface area contributed by atoms with Crippen LogP contribution in [0.3, 0.4) is 0 Å². The summed E-state index contributed by atoms with van der Waals surface area (Å²) in [6, 6.07) is 7.22. The molecule has 2 heteroatoms. The van der Waals surface area contributed by atoms with E-state index >= 15 is 0 Å². The molecule has 0 spiro atoms. The molecule has 1 aromatic rings. The molecule has 1 N–H and O–H groups in total. The van der Waals surface area contributed by atoms with Crippen molar-refractivity contribution in [3.05, 3.63) is 34.9 Å². The van der Waals surface area contributed by atoms with Crippen molar-refractivity contribution in [2.24, 2.45) is 0 Å². The lowest BCUT2D eigenvalue weighted by Gasteiger charge is -2.23. The summed E-state index contributed by atoms with van der Waals surface area (Å²) in [5.41, 5.74) is 4.15. The Labute approximate surface area is 106 Å². The lowest BCUT2D eigenvalue weighted by atomic mass is 10.0. The van der Waals surface area contributed by atoms with E-state index < -0.39 is 0 Å². The normalized spacial score (nSPS) is 13.1. The van der Waals surface area contributed by atoms with Crippen LogP contribution in [0.25, 0.3) is 0 Å². The Kier molecular flexibility index (Phi) is 5.66. The van der Waals surface area contributed by atoms with E-state index in [9.17, 15) is 0 Å². The van der Waals surface area contributed by atoms with Crippen LogP contribution in [0.4, 0.5) is 0 Å². The molecular weight excluding hydrogens is 208 g/mol. The zero-order chi connectivity index (χ0) is 12.8. The fourth-order valence-electron chi connectivity index (χ4n) is 1.95. The Morgan fingerprint density at radius 2 is 1.88 bits per heavy atom. The molecule has 0 aliphatic rings. The van der Waals surface area contributed by atoms with Crippen molar-refractivity contribution in [1.82, 2.24) is 10.2 Å². The van der Waals surface area contributed by atoms with Gasteiger partial charge in [0.05, 0.1) is 0 Å². The maximum Gasteiger partial charge on any atom is 0.0449 e. The van der Waals surface area contributed by atoms with E-state index in [0.29, 0.717) is 6.04 Å². The molecule has 0 amide bonds. The highest BCUT2D eigenvalue weighted by Gasteiger charge is 2.12. The van der Waals surface area contributed by atoms with Crippen LogP contribution in [0.1, 0.15) is 36.1 Å². The second-order valence-corrected chi connectivity index (χ2v) is 5.11. The van der Waals surface area contributed by atoms with Gasteiger partial charge in [-0.2, -0.15) is 0 Å². The van der Waals surface area contributed by atoms with Gasteiger partial charge < -0.3 is 10.2 Å². The zero-order valence-electron chi connectivity index (χ0n) is 11.9. The molecule has 17 heavy (non-hydrogen) atoms. The van der Waals surface area contributed by atoms with E-state index in [1.807, 2.05) is 0 Å². The predicted molar refractivity (Wildman–Crippen MR) is 75.5 cm³/mol. The van der Waals surface area contributed by atoms with Crippen molar-refractivity contribution in [2.75, 3.05) is 27.2 Å². The molecule has 0 saturated carbocycles. The highest BCUT2D eigenvalue weighted by atomic mass is 15.1. The Morgan fingerprint density at radius 3 is 2.41 bits per heavy atom. The number of nitrogens with zero attached hydrogens (tertiary/aromatic N) is 1. The molecule has 0 aromatic heterocycles. The lowest BCUT2D eigenvalue weighted by Crippen LogP contribution is -2.31. The Morgan fingerprint density at radius 1 is 1.18 bits per heavy atom. The minimum Gasteiger partial charge on any atom is -0.309 e. The number of rotatable bonds is 6. The highest BCUT2D eigenvalue weighted by Crippen LogP contribution is 2.17. The molecule has 1 unspecified atom stereocenters. The highest BCUT2D eigenvalue weighted by molar-refractivity contribution is 5.31. The van der Waals surface area contributed by atoms with Gasteiger partial charge in [-0.25, -0.2) is 0 Å². The van der Waals surface area contributed by atoms with Crippen LogP contribution in [-0.4, -0.2) is 32.1 Å². The topological polar surface area (TPSA) is 15.3 Å². The van der Waals surface area contributed by atoms with Gasteiger partial charge in [-0.3, -0.25) is 0 Å². The minimum atomic E-state index is 0.434. The largest absolute Gasteiger partial charge is 0.309 e. The Hall–Kier alpha value is -0.860. The summed E-state index contributed by atoms with van der Waals surface area (Å²) in [5.74, 6) is 0. The van der Waals surface area contributed by atoms with Crippen LogP contribution in [0, 0.1) is 13.8 Å². The molecule has 0 heterocycles. The monoisotopic (exact) mass is 234 g/mol. The molecule has 2 nitrogen and oxygen atoms in total. The SMILES string of the molecule is CCCNC(CN(C)C)c1ccc(C)c(C)c1. The first kappa shape index (κ1) is 14.2. The number of benzene rings is 1. The average molecular weight is 234 g/mol. The van der Waals surface area contributed by atoms with Crippen molar-refractivity contribution in [2.45, 2.75) is 33.2 Å². The van der Waals surface area contributed by atoms with Gasteiger partial charge in [0.1, 0.15) is 0 Å². The standard InChI is InChI=1S/C15H26N2/c1-6-9-16-15(11-17(4)5)14-8-7-12(2)13(3)10-14/h7-8,10,15-16H,6,9,11H2,1-5H3. The van der Waals surface area contributed by atoms with Gasteiger partial charge >= 0.3 is 0 Å². The van der Waals surface area contributed by atoms with Crippen LogP contribution in [0.2, 0.25) is 0 Å². The number of hydrogen-bond acceptors (Lipinski definition) is 2. The first-order chi connectivity index (χ1) is 8.04. The quantitative estimate of drug-likeness (QED) is 0.814. The van der Waals surface area contributed by atoms with E-state index in [1.165, 1.54) is 23.1 Å². The van der Waals surface area contributed by atoms with Crippen molar-refractivity contribution in [1.29, 1.82) is 0 Å². The van der Waals surface area contributed by atoms with Crippen molar-refractivity contribution in [3.63, 3.8) is 0 Å². The second-order valence-electron chi connectivity index (χ2n) is 5.11. The van der Waals surface area contributed by atoms with Crippen LogP contribution in [0.5, 0.6) is 0 Å². The van der Waals surface area contributed by atoms with E-state index in [-0.39, 0.29) is 0 Å². The fraction of sp³-hybridized carbons (Fsp3) is 0.600. The predicted octanol–water partition coefficient (Wildman–Crippen LogP) is 2.91. The smallest absolute Gasteiger partial charge is 0.0449 e. The molecule has 1 aromatic carbocycles. The first-order valence-electron chi connectivity index (χ1n) is 6.49. The third-order valence-electron chi connectivity index (χ3n) is 3.12. The molecule has 1 rings (SSSR count). The van der Waals surface area contributed by atoms with Crippen molar-refractivity contribution in [3.8, 4) is 0 Å². The van der Waals surface area contributed by atoms with Gasteiger partial charge in [0.2, 0.25) is 0 Å². The van der Waals surface area contributed by atoms with E-state index in [1.54, 1.807) is 0 Å². The molecule has 0 aliphatic heterocycles. The number of likely N-dealkylation sites (N-methyl/N-ethyl adjacent to an activating group) is 1. The maximum atomic E-state index is 3.62. The second kappa shape index (κ2) is 6.77. The van der Waals surface area contributed by atoms with Gasteiger partial charge in [-0.1, -0.05) is 25.1 Å². The summed E-state index contributed by atoms with van der Waals surface area (Å²) in [6.45, 7) is 8.68. The van der Waals surface area contributed by atoms with Crippen LogP contribution in [0.15, 0.2) is 18.2 Å². The van der Waals surface area contributed by atoms with E-state index in [0.717, 1.165) is 13.1 Å². The maximum absolute atomic E-state index is 3.62. The van der Waals surface area contributed by atoms with Gasteiger partial charge in [-0.15, -0.1) is 0 Å². The molecule has 0 radical (unpaired) electrons. The average Bonchev–Trinajstić information content (AvgIpc) is 2.27. The first-order valence-corrected chi connectivity index (χ1v) is 6.49. The summed E-state index contributed by atoms with van der Waals surface area (Å²) in [4.78, 5) is 2.24. The van der Waals surface area contributed by atoms with Gasteiger partial charge in [0, 0.05) is 12.6 Å². The van der Waals surface area contributed by atoms with Crippen LogP contribution < -0.4 is 5.32 Å². The van der Waals surface area contributed by atoms with Crippen LogP contribution in [-0.2, 0) is 0 Å². The minimum absolute atomic E-state index is 0.434. The third kappa shape index (κ3) is 4.49. The summed E-state index contributed by atoms with van der Waals surface area (Å²) in [6.07, 6.45) is 1.18. The van der Waals surface area contributed by atoms with Crippen LogP contribution >= 0.6 is 0 Å². The number of hydrogen-bond donors (Lipinski definition) is 1. The number of aryl methyl sites for hydroxylation is 2. The molecule has 0 fully saturated rings. The van der Waals surface area contributed by atoms with Crippen molar-refractivity contribution < 1.29 is 0 Å². The molecular formula is C15H26N2. The lowest BCUT2D eigenvalue weighted by molar-refractivity contribution is 0.342. The van der Waals surface area contributed by atoms with Gasteiger partial charge in [-0.05, 0) is 57.6 Å². The number of nitrogens with one attached hydrogen (secondary N) is 1. The molecule has 0 aliphatic carbocycles. The van der Waals surface area contributed by atoms with Crippen molar-refractivity contribution >= 4 is 0 Å². The Bertz CT molecular complexity index is 345. The summed E-state index contributed by atoms with van der Waals surface area (Å²) in [7, 11) is 4.25. The third-order valence-corrected chi connectivity index (χ3v) is 3.12. The molecule has 96 valence electrons. The van der Waals surface area contributed by atoms with Gasteiger partial charge in [0.15, 0.2) is 0 Å². The van der Waals surface area contributed by atoms with E-state index in [4.69, 9.17) is 0 Å². The summed E-state index contributed by atoms with van der Waals surface area (Å²) < 4.78 is 0. The fourth-order valence-corrected chi connectivity index (χ4v) is 1.95. The summed E-state index contributed by atoms with van der Waals surface area (Å²) >= 11 is 0. The van der Waals surface area contributed by atoms with E-state index in [2.05, 4.69) is 63.3 Å².